The van der Waals surface area contributed by atoms with Crippen LogP contribution in [0.3, 0.4) is 0 Å². The molecule has 0 fully saturated rings. The van der Waals surface area contributed by atoms with Crippen molar-refractivity contribution in [3.63, 3.8) is 0 Å². The number of hydrogen-bond acceptors (Lipinski definition) is 1. The number of fused-ring (bicyclic) bond motifs is 4. The van der Waals surface area contributed by atoms with Gasteiger partial charge in [0, 0.05) is 22.4 Å². The van der Waals surface area contributed by atoms with Crippen LogP contribution in [0.5, 0.6) is 0 Å². The van der Waals surface area contributed by atoms with E-state index in [1.54, 1.807) is 0 Å². The first-order chi connectivity index (χ1) is 20.5. The topological polar surface area (TPSA) is 3.24 Å². The summed E-state index contributed by atoms with van der Waals surface area (Å²) < 4.78 is 0. The second kappa shape index (κ2) is 9.71. The van der Waals surface area contributed by atoms with Crippen molar-refractivity contribution in [3.05, 3.63) is 137 Å². The fourth-order valence-electron chi connectivity index (χ4n) is 7.73. The molecule has 0 aromatic heterocycles. The van der Waals surface area contributed by atoms with Gasteiger partial charge in [-0.2, -0.15) is 0 Å². The highest BCUT2D eigenvalue weighted by atomic mass is 15.1. The molecule has 0 spiro atoms. The number of aryl methyl sites for hydroxylation is 1. The molecule has 0 radical (unpaired) electrons. The first-order valence-corrected chi connectivity index (χ1v) is 15.8. The van der Waals surface area contributed by atoms with Crippen LogP contribution in [-0.4, -0.2) is 0 Å². The Morgan fingerprint density at radius 2 is 1.00 bits per heavy atom. The molecule has 0 unspecified atom stereocenters. The lowest BCUT2D eigenvalue weighted by atomic mass is 9.62. The fraction of sp³-hybridized carbons (Fsp3) is 0.286. The predicted octanol–water partition coefficient (Wildman–Crippen LogP) is 11.8. The molecule has 0 heterocycles. The molecule has 0 saturated heterocycles. The van der Waals surface area contributed by atoms with Crippen LogP contribution < -0.4 is 4.90 Å². The van der Waals surface area contributed by atoms with Crippen molar-refractivity contribution in [2.45, 2.75) is 77.6 Å². The third-order valence-electron chi connectivity index (χ3n) is 10.5. The lowest BCUT2D eigenvalue weighted by molar-refractivity contribution is 0.332. The molecule has 2 aliphatic carbocycles. The van der Waals surface area contributed by atoms with Gasteiger partial charge in [-0.15, -0.1) is 0 Å². The zero-order chi connectivity index (χ0) is 30.1. The van der Waals surface area contributed by atoms with Crippen molar-refractivity contribution < 1.29 is 0 Å². The quantitative estimate of drug-likeness (QED) is 0.211. The molecule has 5 aromatic rings. The van der Waals surface area contributed by atoms with Crippen LogP contribution in [0.1, 0.15) is 82.2 Å². The molecule has 5 aromatic carbocycles. The van der Waals surface area contributed by atoms with Gasteiger partial charge in [-0.25, -0.2) is 0 Å². The zero-order valence-corrected chi connectivity index (χ0v) is 26.8. The van der Waals surface area contributed by atoms with Gasteiger partial charge < -0.3 is 4.90 Å². The van der Waals surface area contributed by atoms with E-state index in [2.05, 4.69) is 163 Å². The molecule has 0 aliphatic heterocycles. The van der Waals surface area contributed by atoms with Gasteiger partial charge in [-0.1, -0.05) is 108 Å². The molecule has 1 nitrogen and oxygen atoms in total. The Balaban J connectivity index is 1.58. The van der Waals surface area contributed by atoms with Crippen LogP contribution in [0.4, 0.5) is 17.1 Å². The van der Waals surface area contributed by atoms with E-state index in [0.717, 1.165) is 0 Å². The largest absolute Gasteiger partial charge is 0.310 e. The highest BCUT2D eigenvalue weighted by Gasteiger charge is 2.39. The molecule has 7 rings (SSSR count). The van der Waals surface area contributed by atoms with Gasteiger partial charge in [0.15, 0.2) is 0 Å². The van der Waals surface area contributed by atoms with Gasteiger partial charge in [0.05, 0.1) is 5.69 Å². The van der Waals surface area contributed by atoms with Gasteiger partial charge in [0.1, 0.15) is 0 Å². The molecule has 0 bridgehead atoms. The first-order valence-electron chi connectivity index (χ1n) is 15.8. The van der Waals surface area contributed by atoms with Crippen LogP contribution in [0.15, 0.2) is 109 Å². The van der Waals surface area contributed by atoms with E-state index >= 15 is 0 Å². The minimum Gasteiger partial charge on any atom is -0.310 e. The van der Waals surface area contributed by atoms with E-state index in [-0.39, 0.29) is 16.2 Å². The second-order valence-corrected chi connectivity index (χ2v) is 14.6. The molecular formula is C42H43N. The Bertz CT molecular complexity index is 1800. The van der Waals surface area contributed by atoms with E-state index in [0.29, 0.717) is 0 Å². The maximum Gasteiger partial charge on any atom is 0.0543 e. The molecule has 0 N–H and O–H groups in total. The van der Waals surface area contributed by atoms with E-state index in [1.807, 2.05) is 0 Å². The SMILES string of the molecule is Cc1cc2c(cc1-c1cc3c(cc1N(c1ccccc1)c1ccccc1)C(C)(C)c1ccccc1-3)C(C)(C)CCC2(C)C. The highest BCUT2D eigenvalue weighted by Crippen LogP contribution is 2.55. The summed E-state index contributed by atoms with van der Waals surface area (Å²) in [5, 5.41) is 0. The molecule has 1 heteroatoms. The molecule has 43 heavy (non-hydrogen) atoms. The molecule has 0 atom stereocenters. The summed E-state index contributed by atoms with van der Waals surface area (Å²) in [5.74, 6) is 0. The van der Waals surface area contributed by atoms with Crippen LogP contribution in [-0.2, 0) is 16.2 Å². The van der Waals surface area contributed by atoms with Crippen LogP contribution in [0.2, 0.25) is 0 Å². The predicted molar refractivity (Wildman–Crippen MR) is 184 cm³/mol. The number of anilines is 3. The Morgan fingerprint density at radius 3 is 1.60 bits per heavy atom. The third kappa shape index (κ3) is 4.36. The van der Waals surface area contributed by atoms with Crippen molar-refractivity contribution in [2.24, 2.45) is 0 Å². The van der Waals surface area contributed by atoms with E-state index in [4.69, 9.17) is 0 Å². The summed E-state index contributed by atoms with van der Waals surface area (Å²) in [6.07, 6.45) is 2.42. The summed E-state index contributed by atoms with van der Waals surface area (Å²) in [6.45, 7) is 16.8. The monoisotopic (exact) mass is 561 g/mol. The molecule has 0 saturated carbocycles. The standard InChI is InChI=1S/C42H43N/c1-28-24-37-38(41(4,5)23-22-40(37,2)3)26-32(28)34-25-33-31-20-14-15-21-35(31)42(6,7)36(33)27-39(34)43(29-16-10-8-11-17-29)30-18-12-9-13-19-30/h8-21,24-27H,22-23H2,1-7H3. The number of benzene rings is 5. The van der Waals surface area contributed by atoms with Crippen molar-refractivity contribution in [1.29, 1.82) is 0 Å². The first kappa shape index (κ1) is 27.7. The average Bonchev–Trinajstić information content (AvgIpc) is 3.22. The molecule has 2 aliphatic rings. The van der Waals surface area contributed by atoms with E-state index < -0.39 is 0 Å². The van der Waals surface area contributed by atoms with Crippen molar-refractivity contribution in [2.75, 3.05) is 4.90 Å². The average molecular weight is 562 g/mol. The summed E-state index contributed by atoms with van der Waals surface area (Å²) in [5.41, 5.74) is 16.3. The van der Waals surface area contributed by atoms with Gasteiger partial charge >= 0.3 is 0 Å². The van der Waals surface area contributed by atoms with Crippen LogP contribution in [0.25, 0.3) is 22.3 Å². The Labute approximate surface area is 258 Å². The summed E-state index contributed by atoms with van der Waals surface area (Å²) in [6, 6.07) is 40.8. The highest BCUT2D eigenvalue weighted by molar-refractivity contribution is 5.95. The van der Waals surface area contributed by atoms with Crippen molar-refractivity contribution in [1.82, 2.24) is 0 Å². The minimum absolute atomic E-state index is 0.0881. The van der Waals surface area contributed by atoms with Gasteiger partial charge in [-0.05, 0) is 118 Å². The maximum atomic E-state index is 2.55. The number of hydrogen-bond donors (Lipinski definition) is 0. The van der Waals surface area contributed by atoms with Crippen molar-refractivity contribution >= 4 is 17.1 Å². The summed E-state index contributed by atoms with van der Waals surface area (Å²) >= 11 is 0. The number of nitrogens with zero attached hydrogens (tertiary/aromatic N) is 1. The molecule has 216 valence electrons. The molecule has 0 amide bonds. The second-order valence-electron chi connectivity index (χ2n) is 14.6. The zero-order valence-electron chi connectivity index (χ0n) is 26.8. The number of para-hydroxylation sites is 2. The molecular weight excluding hydrogens is 518 g/mol. The van der Waals surface area contributed by atoms with Gasteiger partial charge in [0.25, 0.3) is 0 Å². The van der Waals surface area contributed by atoms with E-state index in [9.17, 15) is 0 Å². The summed E-state index contributed by atoms with van der Waals surface area (Å²) in [7, 11) is 0. The lowest BCUT2D eigenvalue weighted by Gasteiger charge is -2.42. The third-order valence-corrected chi connectivity index (χ3v) is 10.5. The smallest absolute Gasteiger partial charge is 0.0543 e. The lowest BCUT2D eigenvalue weighted by Crippen LogP contribution is -2.34. The van der Waals surface area contributed by atoms with Gasteiger partial charge in [-0.3, -0.25) is 0 Å². The minimum atomic E-state index is -0.0881. The Kier molecular flexibility index (Phi) is 6.26. The Hall–Kier alpha value is -4.10. The van der Waals surface area contributed by atoms with Crippen LogP contribution >= 0.6 is 0 Å². The van der Waals surface area contributed by atoms with Gasteiger partial charge in [0.2, 0.25) is 0 Å². The fourth-order valence-corrected chi connectivity index (χ4v) is 7.73. The Morgan fingerprint density at radius 1 is 0.465 bits per heavy atom. The normalized spacial score (nSPS) is 17.1. The van der Waals surface area contributed by atoms with Crippen LogP contribution in [0, 0.1) is 6.92 Å². The van der Waals surface area contributed by atoms with E-state index in [1.165, 1.54) is 80.0 Å². The number of rotatable bonds is 4. The summed E-state index contributed by atoms with van der Waals surface area (Å²) in [4.78, 5) is 2.46. The van der Waals surface area contributed by atoms with Crippen molar-refractivity contribution in [3.8, 4) is 22.3 Å². The maximum absolute atomic E-state index is 2.55.